The minimum atomic E-state index is -0.0392. The molecule has 0 fully saturated rings. The molecule has 0 saturated carbocycles. The highest BCUT2D eigenvalue weighted by Crippen LogP contribution is 2.45. The van der Waals surface area contributed by atoms with Gasteiger partial charge in [0, 0.05) is 38.6 Å². The summed E-state index contributed by atoms with van der Waals surface area (Å²) in [7, 11) is 0. The van der Waals surface area contributed by atoms with E-state index in [0.29, 0.717) is 11.6 Å². The zero-order valence-corrected chi connectivity index (χ0v) is 28.0. The molecular weight excluding hydrogens is 639 g/mol. The van der Waals surface area contributed by atoms with Crippen molar-refractivity contribution in [3.05, 3.63) is 175 Å². The van der Waals surface area contributed by atoms with Gasteiger partial charge >= 0.3 is 0 Å². The Morgan fingerprint density at radius 1 is 0.423 bits per heavy atom. The van der Waals surface area contributed by atoms with Gasteiger partial charge < -0.3 is 8.83 Å². The minimum Gasteiger partial charge on any atom is -0.456 e. The standard InChI is InChI=1S/C47H29N3O2/c1-2-12-28(13-3-1)45-48-46(50-47(49-45)38-27-29-14-4-5-15-31(29)33-16-6-7-17-34(33)38)36-20-11-23-42-44(36)43-32(19-10-22-41(43)52-42)30-24-25-40-37(26-30)35-18-8-9-21-39(35)51-40/h1-26,38H,27H2. The summed E-state index contributed by atoms with van der Waals surface area (Å²) in [5.74, 6) is 2.00. The lowest BCUT2D eigenvalue weighted by atomic mass is 9.78. The Morgan fingerprint density at radius 2 is 1.06 bits per heavy atom. The third-order valence-corrected chi connectivity index (χ3v) is 10.5. The summed E-state index contributed by atoms with van der Waals surface area (Å²) >= 11 is 0. The second kappa shape index (κ2) is 11.3. The molecule has 0 saturated heterocycles. The average Bonchev–Trinajstić information content (AvgIpc) is 3.79. The Morgan fingerprint density at radius 3 is 1.94 bits per heavy atom. The van der Waals surface area contributed by atoms with Gasteiger partial charge in [-0.1, -0.05) is 127 Å². The zero-order valence-electron chi connectivity index (χ0n) is 28.0. The maximum atomic E-state index is 6.58. The highest BCUT2D eigenvalue weighted by molar-refractivity contribution is 6.18. The highest BCUT2D eigenvalue weighted by Gasteiger charge is 2.29. The molecule has 1 atom stereocenters. The van der Waals surface area contributed by atoms with E-state index in [9.17, 15) is 0 Å². The normalized spacial score (nSPS) is 13.9. The second-order valence-electron chi connectivity index (χ2n) is 13.5. The van der Waals surface area contributed by atoms with Crippen molar-refractivity contribution < 1.29 is 8.83 Å². The van der Waals surface area contributed by atoms with Crippen LogP contribution < -0.4 is 0 Å². The van der Waals surface area contributed by atoms with Gasteiger partial charge in [0.25, 0.3) is 0 Å². The molecule has 1 aliphatic carbocycles. The SMILES string of the molecule is c1ccc(-c2nc(-c3cccc4oc5cccc(-c6ccc7oc8ccccc8c7c6)c5c34)nc(C3Cc4ccccc4-c4ccccc43)n2)cc1. The van der Waals surface area contributed by atoms with Crippen LogP contribution in [0.25, 0.3) is 88.9 Å². The number of hydrogen-bond donors (Lipinski definition) is 0. The lowest BCUT2D eigenvalue weighted by Crippen LogP contribution is -2.16. The first-order chi connectivity index (χ1) is 25.8. The van der Waals surface area contributed by atoms with Crippen LogP contribution in [0.4, 0.5) is 0 Å². The van der Waals surface area contributed by atoms with Crippen molar-refractivity contribution in [3.8, 4) is 45.0 Å². The molecular formula is C47H29N3O2. The molecule has 3 heterocycles. The molecule has 0 bridgehead atoms. The molecule has 5 nitrogen and oxygen atoms in total. The Balaban J connectivity index is 1.15. The summed E-state index contributed by atoms with van der Waals surface area (Å²) in [5.41, 5.74) is 12.4. The summed E-state index contributed by atoms with van der Waals surface area (Å²) < 4.78 is 12.7. The fourth-order valence-electron chi connectivity index (χ4n) is 8.14. The lowest BCUT2D eigenvalue weighted by molar-refractivity contribution is 0.669. The first kappa shape index (κ1) is 28.9. The number of benzene rings is 7. The first-order valence-corrected chi connectivity index (χ1v) is 17.6. The minimum absolute atomic E-state index is 0.0392. The van der Waals surface area contributed by atoms with E-state index in [2.05, 4.69) is 109 Å². The van der Waals surface area contributed by atoms with Crippen LogP contribution in [0.15, 0.2) is 167 Å². The van der Waals surface area contributed by atoms with Crippen LogP contribution >= 0.6 is 0 Å². The monoisotopic (exact) mass is 667 g/mol. The van der Waals surface area contributed by atoms with E-state index in [4.69, 9.17) is 23.8 Å². The summed E-state index contributed by atoms with van der Waals surface area (Å²) in [5, 5.41) is 4.20. The number of rotatable bonds is 4. The molecule has 3 aromatic heterocycles. The van der Waals surface area contributed by atoms with Gasteiger partial charge in [-0.25, -0.2) is 15.0 Å². The van der Waals surface area contributed by atoms with Gasteiger partial charge in [-0.2, -0.15) is 0 Å². The summed E-state index contributed by atoms with van der Waals surface area (Å²) in [4.78, 5) is 15.8. The molecule has 52 heavy (non-hydrogen) atoms. The lowest BCUT2D eigenvalue weighted by Gasteiger charge is -2.27. The largest absolute Gasteiger partial charge is 0.456 e. The van der Waals surface area contributed by atoms with E-state index in [1.807, 2.05) is 48.5 Å². The molecule has 0 radical (unpaired) electrons. The third-order valence-electron chi connectivity index (χ3n) is 10.5. The molecule has 0 aliphatic heterocycles. The number of aromatic nitrogens is 3. The van der Waals surface area contributed by atoms with Gasteiger partial charge in [-0.3, -0.25) is 0 Å². The molecule has 244 valence electrons. The van der Waals surface area contributed by atoms with Gasteiger partial charge in [-0.15, -0.1) is 0 Å². The Kier molecular flexibility index (Phi) is 6.31. The predicted molar refractivity (Wildman–Crippen MR) is 208 cm³/mol. The highest BCUT2D eigenvalue weighted by atomic mass is 16.3. The molecule has 10 aromatic rings. The molecule has 0 N–H and O–H groups in total. The molecule has 7 aromatic carbocycles. The first-order valence-electron chi connectivity index (χ1n) is 17.6. The van der Waals surface area contributed by atoms with Crippen LogP contribution in [0.3, 0.4) is 0 Å². The van der Waals surface area contributed by atoms with Crippen molar-refractivity contribution in [2.24, 2.45) is 0 Å². The number of para-hydroxylation sites is 1. The second-order valence-corrected chi connectivity index (χ2v) is 13.5. The van der Waals surface area contributed by atoms with Crippen LogP contribution in [0.5, 0.6) is 0 Å². The summed E-state index contributed by atoms with van der Waals surface area (Å²) in [6, 6.07) is 54.6. The molecule has 5 heteroatoms. The van der Waals surface area contributed by atoms with E-state index in [-0.39, 0.29) is 5.92 Å². The number of furan rings is 2. The van der Waals surface area contributed by atoms with Crippen molar-refractivity contribution in [1.29, 1.82) is 0 Å². The summed E-state index contributed by atoms with van der Waals surface area (Å²) in [6.07, 6.45) is 0.805. The average molecular weight is 668 g/mol. The Hall–Kier alpha value is -6.85. The Bertz CT molecular complexity index is 3010. The van der Waals surface area contributed by atoms with Crippen molar-refractivity contribution >= 4 is 43.9 Å². The zero-order chi connectivity index (χ0) is 34.2. The van der Waals surface area contributed by atoms with Crippen molar-refractivity contribution in [2.75, 3.05) is 0 Å². The summed E-state index contributed by atoms with van der Waals surface area (Å²) in [6.45, 7) is 0. The predicted octanol–water partition coefficient (Wildman–Crippen LogP) is 12.0. The molecule has 0 amide bonds. The van der Waals surface area contributed by atoms with Crippen LogP contribution in [0, 0.1) is 0 Å². The van der Waals surface area contributed by atoms with Gasteiger partial charge in [-0.05, 0) is 70.1 Å². The fraction of sp³-hybridized carbons (Fsp3) is 0.0426. The van der Waals surface area contributed by atoms with Crippen LogP contribution in [0.1, 0.15) is 22.9 Å². The maximum Gasteiger partial charge on any atom is 0.164 e. The van der Waals surface area contributed by atoms with Gasteiger partial charge in [0.1, 0.15) is 28.2 Å². The van der Waals surface area contributed by atoms with E-state index in [1.165, 1.54) is 22.3 Å². The van der Waals surface area contributed by atoms with Crippen LogP contribution in [-0.4, -0.2) is 15.0 Å². The van der Waals surface area contributed by atoms with Crippen molar-refractivity contribution in [1.82, 2.24) is 15.0 Å². The smallest absolute Gasteiger partial charge is 0.164 e. The van der Waals surface area contributed by atoms with Gasteiger partial charge in [0.2, 0.25) is 0 Å². The van der Waals surface area contributed by atoms with Gasteiger partial charge in [0.15, 0.2) is 11.6 Å². The van der Waals surface area contributed by atoms with Gasteiger partial charge in [0.05, 0.1) is 0 Å². The number of nitrogens with zero attached hydrogens (tertiary/aromatic N) is 3. The molecule has 0 spiro atoms. The van der Waals surface area contributed by atoms with Crippen LogP contribution in [0.2, 0.25) is 0 Å². The van der Waals surface area contributed by atoms with E-state index in [0.717, 1.165) is 78.4 Å². The molecule has 1 aliphatic rings. The maximum absolute atomic E-state index is 6.58. The topological polar surface area (TPSA) is 65.0 Å². The van der Waals surface area contributed by atoms with E-state index in [1.54, 1.807) is 0 Å². The van der Waals surface area contributed by atoms with Crippen molar-refractivity contribution in [2.45, 2.75) is 12.3 Å². The Labute approximate surface area is 298 Å². The fourth-order valence-corrected chi connectivity index (χ4v) is 8.14. The number of hydrogen-bond acceptors (Lipinski definition) is 5. The third kappa shape index (κ3) is 4.46. The van der Waals surface area contributed by atoms with Crippen molar-refractivity contribution in [3.63, 3.8) is 0 Å². The van der Waals surface area contributed by atoms with E-state index >= 15 is 0 Å². The van der Waals surface area contributed by atoms with E-state index < -0.39 is 0 Å². The van der Waals surface area contributed by atoms with Crippen LogP contribution in [-0.2, 0) is 6.42 Å². The quantitative estimate of drug-likeness (QED) is 0.187. The molecule has 11 rings (SSSR count). The number of fused-ring (bicyclic) bond motifs is 9. The molecule has 1 unspecified atom stereocenters.